The van der Waals surface area contributed by atoms with Crippen LogP contribution in [0, 0.1) is 5.92 Å². The maximum Gasteiger partial charge on any atom is 0.223 e. The first kappa shape index (κ1) is 10.0. The standard InChI is InChI=1S/C10H17N5/c1-7-3-2-4-15(6-7)9-5-8(11)13-10(12)14-9/h5,7H,2-4,6H2,1H3,(H4,11,12,13,14). The van der Waals surface area contributed by atoms with Gasteiger partial charge < -0.3 is 16.4 Å². The minimum absolute atomic E-state index is 0.253. The van der Waals surface area contributed by atoms with E-state index >= 15 is 0 Å². The fourth-order valence-corrected chi connectivity index (χ4v) is 2.03. The van der Waals surface area contributed by atoms with Crippen molar-refractivity contribution in [3.63, 3.8) is 0 Å². The molecule has 1 aliphatic heterocycles. The highest BCUT2D eigenvalue weighted by Crippen LogP contribution is 2.22. The first-order valence-corrected chi connectivity index (χ1v) is 5.30. The Morgan fingerprint density at radius 2 is 2.20 bits per heavy atom. The molecule has 0 spiro atoms. The van der Waals surface area contributed by atoms with Crippen LogP contribution in [0.3, 0.4) is 0 Å². The molecular formula is C10H17N5. The fourth-order valence-electron chi connectivity index (χ4n) is 2.03. The van der Waals surface area contributed by atoms with Crippen molar-refractivity contribution < 1.29 is 0 Å². The normalized spacial score (nSPS) is 21.7. The molecule has 5 nitrogen and oxygen atoms in total. The van der Waals surface area contributed by atoms with Crippen LogP contribution in [0.25, 0.3) is 0 Å². The predicted molar refractivity (Wildman–Crippen MR) is 61.5 cm³/mol. The molecule has 0 radical (unpaired) electrons. The second-order valence-corrected chi connectivity index (χ2v) is 4.20. The number of hydrogen-bond donors (Lipinski definition) is 2. The Labute approximate surface area is 89.5 Å². The quantitative estimate of drug-likeness (QED) is 0.714. The number of aromatic nitrogens is 2. The first-order chi connectivity index (χ1) is 7.15. The lowest BCUT2D eigenvalue weighted by atomic mass is 10.0. The molecule has 82 valence electrons. The average molecular weight is 207 g/mol. The molecule has 0 amide bonds. The zero-order valence-corrected chi connectivity index (χ0v) is 8.98. The van der Waals surface area contributed by atoms with Crippen molar-refractivity contribution in [3.05, 3.63) is 6.07 Å². The van der Waals surface area contributed by atoms with Crippen LogP contribution in [0.4, 0.5) is 17.6 Å². The van der Waals surface area contributed by atoms with E-state index in [0.717, 1.165) is 18.9 Å². The van der Waals surface area contributed by atoms with Crippen LogP contribution in [0.1, 0.15) is 19.8 Å². The van der Waals surface area contributed by atoms with Crippen LogP contribution in [0.5, 0.6) is 0 Å². The summed E-state index contributed by atoms with van der Waals surface area (Å²) in [5.74, 6) is 2.25. The molecule has 1 fully saturated rings. The lowest BCUT2D eigenvalue weighted by Gasteiger charge is -2.31. The van der Waals surface area contributed by atoms with E-state index in [-0.39, 0.29) is 5.95 Å². The number of nitrogens with zero attached hydrogens (tertiary/aromatic N) is 3. The lowest BCUT2D eigenvalue weighted by Crippen LogP contribution is -2.35. The molecule has 15 heavy (non-hydrogen) atoms. The molecule has 2 rings (SSSR count). The van der Waals surface area contributed by atoms with Crippen molar-refractivity contribution in [1.82, 2.24) is 9.97 Å². The second kappa shape index (κ2) is 3.92. The van der Waals surface area contributed by atoms with E-state index in [1.54, 1.807) is 6.07 Å². The smallest absolute Gasteiger partial charge is 0.223 e. The molecule has 1 aromatic rings. The van der Waals surface area contributed by atoms with Crippen LogP contribution in [0.15, 0.2) is 6.07 Å². The van der Waals surface area contributed by atoms with Crippen LogP contribution in [-0.4, -0.2) is 23.1 Å². The van der Waals surface area contributed by atoms with E-state index in [9.17, 15) is 0 Å². The number of anilines is 3. The highest BCUT2D eigenvalue weighted by Gasteiger charge is 2.18. The van der Waals surface area contributed by atoms with Crippen LogP contribution in [-0.2, 0) is 0 Å². The molecule has 2 heterocycles. The number of rotatable bonds is 1. The lowest BCUT2D eigenvalue weighted by molar-refractivity contribution is 0.444. The van der Waals surface area contributed by atoms with Crippen molar-refractivity contribution >= 4 is 17.6 Å². The first-order valence-electron chi connectivity index (χ1n) is 5.30. The largest absolute Gasteiger partial charge is 0.383 e. The summed E-state index contributed by atoms with van der Waals surface area (Å²) < 4.78 is 0. The fraction of sp³-hybridized carbons (Fsp3) is 0.600. The maximum atomic E-state index is 5.64. The van der Waals surface area contributed by atoms with Gasteiger partial charge in [-0.3, -0.25) is 0 Å². The highest BCUT2D eigenvalue weighted by atomic mass is 15.2. The summed E-state index contributed by atoms with van der Waals surface area (Å²) in [4.78, 5) is 10.3. The predicted octanol–water partition coefficient (Wildman–Crippen LogP) is 0.877. The Bertz CT molecular complexity index is 331. The van der Waals surface area contributed by atoms with Crippen molar-refractivity contribution in [1.29, 1.82) is 0 Å². The van der Waals surface area contributed by atoms with E-state index < -0.39 is 0 Å². The van der Waals surface area contributed by atoms with Gasteiger partial charge in [0.1, 0.15) is 11.6 Å². The van der Waals surface area contributed by atoms with Crippen molar-refractivity contribution in [3.8, 4) is 0 Å². The van der Waals surface area contributed by atoms with Crippen LogP contribution < -0.4 is 16.4 Å². The summed E-state index contributed by atoms with van der Waals surface area (Å²) in [5.41, 5.74) is 11.2. The molecule has 4 N–H and O–H groups in total. The van der Waals surface area contributed by atoms with Gasteiger partial charge >= 0.3 is 0 Å². The Morgan fingerprint density at radius 1 is 1.40 bits per heavy atom. The monoisotopic (exact) mass is 207 g/mol. The number of nitrogen functional groups attached to an aromatic ring is 2. The molecule has 0 aliphatic carbocycles. The van der Waals surface area contributed by atoms with Gasteiger partial charge in [0.15, 0.2) is 0 Å². The third kappa shape index (κ3) is 2.29. The van der Waals surface area contributed by atoms with Crippen molar-refractivity contribution in [2.75, 3.05) is 29.5 Å². The molecule has 0 saturated carbocycles. The number of piperidine rings is 1. The second-order valence-electron chi connectivity index (χ2n) is 4.20. The summed E-state index contributed by atoms with van der Waals surface area (Å²) in [5, 5.41) is 0. The molecule has 5 heteroatoms. The van der Waals surface area contributed by atoms with Gasteiger partial charge in [0.2, 0.25) is 5.95 Å². The summed E-state index contributed by atoms with van der Waals surface area (Å²) in [6, 6.07) is 1.79. The number of nitrogens with two attached hydrogens (primary N) is 2. The van der Waals surface area contributed by atoms with Gasteiger partial charge in [0.05, 0.1) is 0 Å². The SMILES string of the molecule is CC1CCCN(c2cc(N)nc(N)n2)C1. The Balaban J connectivity index is 2.20. The third-order valence-electron chi connectivity index (χ3n) is 2.73. The van der Waals surface area contributed by atoms with Crippen LogP contribution >= 0.6 is 0 Å². The van der Waals surface area contributed by atoms with Gasteiger partial charge in [0.25, 0.3) is 0 Å². The minimum Gasteiger partial charge on any atom is -0.383 e. The average Bonchev–Trinajstić information content (AvgIpc) is 2.16. The summed E-state index contributed by atoms with van der Waals surface area (Å²) >= 11 is 0. The molecule has 1 unspecified atom stereocenters. The van der Waals surface area contributed by atoms with E-state index in [1.165, 1.54) is 12.8 Å². The minimum atomic E-state index is 0.253. The van der Waals surface area contributed by atoms with Gasteiger partial charge in [-0.05, 0) is 18.8 Å². The maximum absolute atomic E-state index is 5.64. The Kier molecular flexibility index (Phi) is 2.62. The summed E-state index contributed by atoms with van der Waals surface area (Å²) in [7, 11) is 0. The van der Waals surface area contributed by atoms with Gasteiger partial charge in [-0.25, -0.2) is 0 Å². The molecule has 1 atom stereocenters. The zero-order chi connectivity index (χ0) is 10.8. The van der Waals surface area contributed by atoms with E-state index in [4.69, 9.17) is 11.5 Å². The van der Waals surface area contributed by atoms with Crippen molar-refractivity contribution in [2.45, 2.75) is 19.8 Å². The molecular weight excluding hydrogens is 190 g/mol. The molecule has 1 saturated heterocycles. The third-order valence-corrected chi connectivity index (χ3v) is 2.73. The van der Waals surface area contributed by atoms with E-state index in [0.29, 0.717) is 11.7 Å². The molecule has 1 aliphatic rings. The topological polar surface area (TPSA) is 81.1 Å². The number of hydrogen-bond acceptors (Lipinski definition) is 5. The van der Waals surface area contributed by atoms with Crippen molar-refractivity contribution in [2.24, 2.45) is 5.92 Å². The van der Waals surface area contributed by atoms with E-state index in [2.05, 4.69) is 21.8 Å². The van der Waals surface area contributed by atoms with Gasteiger partial charge in [0, 0.05) is 19.2 Å². The Morgan fingerprint density at radius 3 is 2.87 bits per heavy atom. The van der Waals surface area contributed by atoms with Crippen LogP contribution in [0.2, 0.25) is 0 Å². The van der Waals surface area contributed by atoms with Gasteiger partial charge in [-0.15, -0.1) is 0 Å². The van der Waals surface area contributed by atoms with Gasteiger partial charge in [-0.1, -0.05) is 6.92 Å². The van der Waals surface area contributed by atoms with Gasteiger partial charge in [-0.2, -0.15) is 9.97 Å². The Hall–Kier alpha value is -1.52. The zero-order valence-electron chi connectivity index (χ0n) is 8.98. The molecule has 0 bridgehead atoms. The molecule has 0 aromatic carbocycles. The van der Waals surface area contributed by atoms with E-state index in [1.807, 2.05) is 0 Å². The summed E-state index contributed by atoms with van der Waals surface area (Å²) in [6.45, 7) is 4.30. The molecule has 1 aromatic heterocycles. The highest BCUT2D eigenvalue weighted by molar-refractivity contribution is 5.50. The summed E-state index contributed by atoms with van der Waals surface area (Å²) in [6.07, 6.45) is 2.48.